The lowest BCUT2D eigenvalue weighted by Gasteiger charge is -2.19. The van der Waals surface area contributed by atoms with Crippen LogP contribution < -0.4 is 30.8 Å². The topological polar surface area (TPSA) is 106 Å². The van der Waals surface area contributed by atoms with E-state index in [1.807, 2.05) is 57.2 Å². The summed E-state index contributed by atoms with van der Waals surface area (Å²) in [6.45, 7) is 5.79. The second-order valence-electron chi connectivity index (χ2n) is 6.55. The molecule has 6 nitrogen and oxygen atoms in total. The van der Waals surface area contributed by atoms with Gasteiger partial charge in [0.15, 0.2) is 0 Å². The monoisotopic (exact) mass is 397 g/mol. The quantitative estimate of drug-likeness (QED) is 0.394. The summed E-state index contributed by atoms with van der Waals surface area (Å²) in [7, 11) is -1.82. The zero-order valence-electron chi connectivity index (χ0n) is 16.1. The van der Waals surface area contributed by atoms with Gasteiger partial charge in [-0.1, -0.05) is 18.2 Å². The lowest BCUT2D eigenvalue weighted by atomic mass is 10.2. The largest absolute Gasteiger partial charge is 0.530 e. The molecule has 6 N–H and O–H groups in total. The Morgan fingerprint density at radius 2 is 0.821 bits per heavy atom. The van der Waals surface area contributed by atoms with Crippen molar-refractivity contribution in [3.8, 4) is 17.2 Å². The molecule has 0 aliphatic rings. The average Bonchev–Trinajstić information content (AvgIpc) is 2.64. The number of nitrogen functional groups attached to an aromatic ring is 3. The van der Waals surface area contributed by atoms with Crippen molar-refractivity contribution in [3.05, 3.63) is 71.3 Å². The maximum absolute atomic E-state index is 5.99. The standard InChI is InChI=1S/C21H24N3O3P/c1-13-4-7-16(10-19(13)22)25-28(26-17-8-5-14(2)20(23)11-17)27-18-9-6-15(3)21(24)12-18/h4-12H,22-24H2,1-3H3. The van der Waals surface area contributed by atoms with Crippen LogP contribution in [0, 0.1) is 20.8 Å². The van der Waals surface area contributed by atoms with E-state index in [0.717, 1.165) is 16.7 Å². The Bertz CT molecular complexity index is 867. The van der Waals surface area contributed by atoms with Crippen LogP contribution in [-0.4, -0.2) is 0 Å². The van der Waals surface area contributed by atoms with Gasteiger partial charge in [-0.25, -0.2) is 0 Å². The van der Waals surface area contributed by atoms with Crippen LogP contribution in [0.5, 0.6) is 17.2 Å². The Morgan fingerprint density at radius 1 is 0.536 bits per heavy atom. The molecule has 7 heteroatoms. The first-order valence-electron chi connectivity index (χ1n) is 8.74. The molecule has 3 aromatic carbocycles. The van der Waals surface area contributed by atoms with Gasteiger partial charge >= 0.3 is 8.60 Å². The zero-order chi connectivity index (χ0) is 20.3. The van der Waals surface area contributed by atoms with Crippen LogP contribution >= 0.6 is 8.60 Å². The van der Waals surface area contributed by atoms with E-state index in [9.17, 15) is 0 Å². The van der Waals surface area contributed by atoms with Gasteiger partial charge in [-0.15, -0.1) is 0 Å². The highest BCUT2D eigenvalue weighted by molar-refractivity contribution is 7.43. The molecule has 28 heavy (non-hydrogen) atoms. The first-order valence-corrected chi connectivity index (χ1v) is 9.84. The molecule has 0 fully saturated rings. The van der Waals surface area contributed by atoms with E-state index in [1.165, 1.54) is 0 Å². The van der Waals surface area contributed by atoms with Crippen molar-refractivity contribution >= 4 is 25.7 Å². The minimum Gasteiger partial charge on any atom is -0.408 e. The third-order valence-corrected chi connectivity index (χ3v) is 5.37. The van der Waals surface area contributed by atoms with E-state index in [0.29, 0.717) is 34.3 Å². The first kappa shape index (κ1) is 19.6. The molecule has 146 valence electrons. The molecular formula is C21H24N3O3P. The Balaban J connectivity index is 1.86. The van der Waals surface area contributed by atoms with Gasteiger partial charge in [0.2, 0.25) is 0 Å². The molecule has 0 bridgehead atoms. The lowest BCUT2D eigenvalue weighted by Crippen LogP contribution is -2.04. The van der Waals surface area contributed by atoms with Gasteiger partial charge in [0.05, 0.1) is 0 Å². The van der Waals surface area contributed by atoms with Gasteiger partial charge in [-0.05, 0) is 55.7 Å². The van der Waals surface area contributed by atoms with E-state index in [2.05, 4.69) is 0 Å². The fraction of sp³-hybridized carbons (Fsp3) is 0.143. The number of hydrogen-bond donors (Lipinski definition) is 3. The van der Waals surface area contributed by atoms with Crippen molar-refractivity contribution in [2.75, 3.05) is 17.2 Å². The fourth-order valence-corrected chi connectivity index (χ4v) is 3.31. The van der Waals surface area contributed by atoms with Gasteiger partial charge in [-0.2, -0.15) is 0 Å². The van der Waals surface area contributed by atoms with Crippen molar-refractivity contribution in [1.82, 2.24) is 0 Å². The molecule has 0 saturated carbocycles. The van der Waals surface area contributed by atoms with E-state index < -0.39 is 8.60 Å². The second-order valence-corrected chi connectivity index (χ2v) is 7.55. The predicted molar refractivity (Wildman–Crippen MR) is 116 cm³/mol. The molecule has 0 aromatic heterocycles. The number of anilines is 3. The van der Waals surface area contributed by atoms with E-state index >= 15 is 0 Å². The fourth-order valence-electron chi connectivity index (χ4n) is 2.34. The molecule has 0 atom stereocenters. The minimum atomic E-state index is -1.82. The summed E-state index contributed by atoms with van der Waals surface area (Å²) in [6, 6.07) is 16.3. The molecule has 0 aliphatic carbocycles. The number of nitrogens with two attached hydrogens (primary N) is 3. The van der Waals surface area contributed by atoms with Gasteiger partial charge in [0.1, 0.15) is 17.2 Å². The Hall–Kier alpha value is -3.11. The number of rotatable bonds is 6. The second kappa shape index (κ2) is 8.28. The van der Waals surface area contributed by atoms with Crippen LogP contribution in [-0.2, 0) is 0 Å². The highest BCUT2D eigenvalue weighted by Gasteiger charge is 2.21. The highest BCUT2D eigenvalue weighted by atomic mass is 31.2. The normalized spacial score (nSPS) is 10.7. The van der Waals surface area contributed by atoms with Crippen LogP contribution in [0.2, 0.25) is 0 Å². The first-order chi connectivity index (χ1) is 13.3. The van der Waals surface area contributed by atoms with Crippen molar-refractivity contribution in [1.29, 1.82) is 0 Å². The number of aryl methyl sites for hydroxylation is 3. The molecule has 3 rings (SSSR count). The molecule has 0 radical (unpaired) electrons. The SMILES string of the molecule is Cc1ccc(OP(Oc2ccc(C)c(N)c2)Oc2ccc(C)c(N)c2)cc1N. The summed E-state index contributed by atoms with van der Waals surface area (Å²) in [5.74, 6) is 1.65. The molecule has 0 unspecified atom stereocenters. The van der Waals surface area contributed by atoms with Crippen LogP contribution in [0.4, 0.5) is 17.1 Å². The molecule has 0 heterocycles. The maximum atomic E-state index is 5.99. The van der Waals surface area contributed by atoms with Crippen molar-refractivity contribution < 1.29 is 13.6 Å². The summed E-state index contributed by atoms with van der Waals surface area (Å²) in [5, 5.41) is 0. The number of hydrogen-bond acceptors (Lipinski definition) is 6. The minimum absolute atomic E-state index is 0.550. The molecule has 0 spiro atoms. The molecule has 0 amide bonds. The van der Waals surface area contributed by atoms with E-state index in [4.69, 9.17) is 30.8 Å². The summed E-state index contributed by atoms with van der Waals surface area (Å²) >= 11 is 0. The smallest absolute Gasteiger partial charge is 0.408 e. The summed E-state index contributed by atoms with van der Waals surface area (Å²) < 4.78 is 17.9. The Labute approximate surface area is 166 Å². The van der Waals surface area contributed by atoms with Gasteiger partial charge in [0.25, 0.3) is 0 Å². The van der Waals surface area contributed by atoms with Crippen LogP contribution in [0.1, 0.15) is 16.7 Å². The summed E-state index contributed by atoms with van der Waals surface area (Å²) in [4.78, 5) is 0. The Morgan fingerprint density at radius 3 is 1.07 bits per heavy atom. The predicted octanol–water partition coefficient (Wildman–Crippen LogP) is 5.12. The number of benzene rings is 3. The van der Waals surface area contributed by atoms with Gasteiger partial charge in [-0.3, -0.25) is 0 Å². The summed E-state index contributed by atoms with van der Waals surface area (Å²) in [5.41, 5.74) is 22.8. The third kappa shape index (κ3) is 4.78. The van der Waals surface area contributed by atoms with E-state index in [-0.39, 0.29) is 0 Å². The average molecular weight is 397 g/mol. The maximum Gasteiger partial charge on any atom is 0.530 e. The van der Waals surface area contributed by atoms with Crippen molar-refractivity contribution in [2.45, 2.75) is 20.8 Å². The Kier molecular flexibility index (Phi) is 5.81. The highest BCUT2D eigenvalue weighted by Crippen LogP contribution is 2.43. The van der Waals surface area contributed by atoms with Gasteiger partial charge < -0.3 is 30.8 Å². The van der Waals surface area contributed by atoms with Crippen molar-refractivity contribution in [2.24, 2.45) is 0 Å². The van der Waals surface area contributed by atoms with Crippen molar-refractivity contribution in [3.63, 3.8) is 0 Å². The molecule has 0 saturated heterocycles. The van der Waals surface area contributed by atoms with Crippen LogP contribution in [0.3, 0.4) is 0 Å². The van der Waals surface area contributed by atoms with Gasteiger partial charge in [0, 0.05) is 35.3 Å². The molecule has 0 aliphatic heterocycles. The van der Waals surface area contributed by atoms with Crippen LogP contribution in [0.25, 0.3) is 0 Å². The van der Waals surface area contributed by atoms with Crippen LogP contribution in [0.15, 0.2) is 54.6 Å². The lowest BCUT2D eigenvalue weighted by molar-refractivity contribution is 0.388. The molecular weight excluding hydrogens is 373 g/mol. The summed E-state index contributed by atoms with van der Waals surface area (Å²) in [6.07, 6.45) is 0. The van der Waals surface area contributed by atoms with E-state index in [1.54, 1.807) is 18.2 Å². The zero-order valence-corrected chi connectivity index (χ0v) is 17.0. The molecule has 3 aromatic rings. The third-order valence-electron chi connectivity index (χ3n) is 4.29.